The maximum atomic E-state index is 13.5. The van der Waals surface area contributed by atoms with Crippen molar-refractivity contribution in [3.05, 3.63) is 111 Å². The van der Waals surface area contributed by atoms with E-state index in [4.69, 9.17) is 4.74 Å². The van der Waals surface area contributed by atoms with Gasteiger partial charge in [-0.15, -0.1) is 0 Å². The Bertz CT molecular complexity index is 1590. The highest BCUT2D eigenvalue weighted by molar-refractivity contribution is 6.01. The molecular weight excluding hydrogens is 476 g/mol. The SMILES string of the molecule is Cc1cccn2c(=O)c(C=C(C#N)C(=O)NCCc3ccccc3)c(Oc3ccc(C(C)(C)C)cc3)nc12. The number of aromatic nitrogens is 2. The standard InChI is InChI=1S/C31H30N4O3/c1-21-9-8-18-35-27(21)34-29(38-25-14-12-24(13-15-25)31(2,3)4)26(30(35)37)19-23(20-32)28(36)33-17-16-22-10-6-5-7-11-22/h5-15,18-19H,16-17H2,1-4H3,(H,33,36). The van der Waals surface area contributed by atoms with Gasteiger partial charge in [-0.3, -0.25) is 14.0 Å². The molecule has 0 saturated heterocycles. The molecule has 0 unspecified atom stereocenters. The van der Waals surface area contributed by atoms with Gasteiger partial charge in [0, 0.05) is 12.7 Å². The van der Waals surface area contributed by atoms with Crippen molar-refractivity contribution >= 4 is 17.6 Å². The summed E-state index contributed by atoms with van der Waals surface area (Å²) < 4.78 is 7.46. The van der Waals surface area contributed by atoms with Gasteiger partial charge in [-0.1, -0.05) is 69.3 Å². The van der Waals surface area contributed by atoms with E-state index in [1.165, 1.54) is 10.5 Å². The molecule has 0 atom stereocenters. The quantitative estimate of drug-likeness (QED) is 0.269. The Labute approximate surface area is 222 Å². The molecule has 4 aromatic rings. The average Bonchev–Trinajstić information content (AvgIpc) is 2.89. The number of carbonyl (C=O) groups is 1. The third-order valence-corrected chi connectivity index (χ3v) is 6.18. The Hall–Kier alpha value is -4.70. The molecule has 0 fully saturated rings. The van der Waals surface area contributed by atoms with Crippen LogP contribution in [0.25, 0.3) is 11.7 Å². The second kappa shape index (κ2) is 11.1. The molecular formula is C31H30N4O3. The first-order chi connectivity index (χ1) is 18.2. The number of fused-ring (bicyclic) bond motifs is 1. The number of nitriles is 1. The van der Waals surface area contributed by atoms with Crippen molar-refractivity contribution in [1.82, 2.24) is 14.7 Å². The van der Waals surface area contributed by atoms with Crippen LogP contribution in [-0.2, 0) is 16.6 Å². The van der Waals surface area contributed by atoms with Crippen LogP contribution in [-0.4, -0.2) is 21.8 Å². The van der Waals surface area contributed by atoms with E-state index in [-0.39, 0.29) is 22.4 Å². The van der Waals surface area contributed by atoms with Gasteiger partial charge in [-0.05, 0) is 59.7 Å². The fourth-order valence-electron chi connectivity index (χ4n) is 3.98. The van der Waals surface area contributed by atoms with Crippen molar-refractivity contribution < 1.29 is 9.53 Å². The van der Waals surface area contributed by atoms with Gasteiger partial charge in [0.15, 0.2) is 0 Å². The lowest BCUT2D eigenvalue weighted by molar-refractivity contribution is -0.117. The predicted octanol–water partition coefficient (Wildman–Crippen LogP) is 5.36. The van der Waals surface area contributed by atoms with Crippen molar-refractivity contribution in [3.8, 4) is 17.7 Å². The summed E-state index contributed by atoms with van der Waals surface area (Å²) in [5.74, 6) is -0.0569. The summed E-state index contributed by atoms with van der Waals surface area (Å²) in [5, 5.41) is 12.5. The monoisotopic (exact) mass is 506 g/mol. The molecule has 0 radical (unpaired) electrons. The molecule has 4 rings (SSSR count). The van der Waals surface area contributed by atoms with Gasteiger partial charge in [0.25, 0.3) is 11.5 Å². The van der Waals surface area contributed by atoms with Gasteiger partial charge in [0.05, 0.1) is 0 Å². The summed E-state index contributed by atoms with van der Waals surface area (Å²) in [6, 6.07) is 22.8. The Morgan fingerprint density at radius 1 is 1.08 bits per heavy atom. The van der Waals surface area contributed by atoms with Crippen molar-refractivity contribution in [2.75, 3.05) is 6.54 Å². The Kier molecular flexibility index (Phi) is 7.73. The van der Waals surface area contributed by atoms with Gasteiger partial charge in [0.2, 0.25) is 5.88 Å². The van der Waals surface area contributed by atoms with Crippen molar-refractivity contribution in [3.63, 3.8) is 0 Å². The Balaban J connectivity index is 1.70. The minimum Gasteiger partial charge on any atom is -0.438 e. The van der Waals surface area contributed by atoms with E-state index >= 15 is 0 Å². The fraction of sp³-hybridized carbons (Fsp3) is 0.226. The molecule has 38 heavy (non-hydrogen) atoms. The van der Waals surface area contributed by atoms with E-state index in [1.54, 1.807) is 12.3 Å². The summed E-state index contributed by atoms with van der Waals surface area (Å²) >= 11 is 0. The smallest absolute Gasteiger partial charge is 0.269 e. The lowest BCUT2D eigenvalue weighted by Gasteiger charge is -2.19. The summed E-state index contributed by atoms with van der Waals surface area (Å²) in [6.07, 6.45) is 3.47. The van der Waals surface area contributed by atoms with Gasteiger partial charge < -0.3 is 10.1 Å². The van der Waals surface area contributed by atoms with Crippen LogP contribution < -0.4 is 15.6 Å². The zero-order valence-corrected chi connectivity index (χ0v) is 22.0. The third kappa shape index (κ3) is 5.98. The van der Waals surface area contributed by atoms with Crippen LogP contribution >= 0.6 is 0 Å². The minimum atomic E-state index is -0.572. The molecule has 192 valence electrons. The highest BCUT2D eigenvalue weighted by atomic mass is 16.5. The molecule has 1 N–H and O–H groups in total. The molecule has 7 nitrogen and oxygen atoms in total. The number of amides is 1. The number of hydrogen-bond acceptors (Lipinski definition) is 5. The number of rotatable bonds is 7. The van der Waals surface area contributed by atoms with Gasteiger partial charge in [-0.2, -0.15) is 10.2 Å². The van der Waals surface area contributed by atoms with E-state index in [2.05, 4.69) is 31.1 Å². The van der Waals surface area contributed by atoms with E-state index in [1.807, 2.05) is 73.7 Å². The number of nitrogens with zero attached hydrogens (tertiary/aromatic N) is 3. The van der Waals surface area contributed by atoms with Crippen LogP contribution in [0.3, 0.4) is 0 Å². The normalized spacial score (nSPS) is 11.7. The molecule has 0 aliphatic rings. The summed E-state index contributed by atoms with van der Waals surface area (Å²) in [6.45, 7) is 8.55. The van der Waals surface area contributed by atoms with Crippen LogP contribution in [0.1, 0.15) is 43.0 Å². The summed E-state index contributed by atoms with van der Waals surface area (Å²) in [7, 11) is 0. The van der Waals surface area contributed by atoms with Crippen molar-refractivity contribution in [1.29, 1.82) is 5.26 Å². The number of hydrogen-bond donors (Lipinski definition) is 1. The lowest BCUT2D eigenvalue weighted by Crippen LogP contribution is -2.27. The minimum absolute atomic E-state index is 0.0164. The first kappa shape index (κ1) is 26.4. The largest absolute Gasteiger partial charge is 0.438 e. The Morgan fingerprint density at radius 3 is 2.45 bits per heavy atom. The highest BCUT2D eigenvalue weighted by Gasteiger charge is 2.19. The van der Waals surface area contributed by atoms with Crippen molar-refractivity contribution in [2.24, 2.45) is 0 Å². The van der Waals surface area contributed by atoms with Gasteiger partial charge in [0.1, 0.15) is 28.6 Å². The molecule has 7 heteroatoms. The van der Waals surface area contributed by atoms with Gasteiger partial charge in [-0.25, -0.2) is 0 Å². The number of nitrogens with one attached hydrogen (secondary N) is 1. The summed E-state index contributed by atoms with van der Waals surface area (Å²) in [5.41, 5.74) is 2.75. The van der Waals surface area contributed by atoms with Crippen molar-refractivity contribution in [2.45, 2.75) is 39.5 Å². The third-order valence-electron chi connectivity index (χ3n) is 6.18. The van der Waals surface area contributed by atoms with E-state index in [0.29, 0.717) is 24.4 Å². The number of benzene rings is 2. The molecule has 0 aliphatic carbocycles. The van der Waals surface area contributed by atoms with Crippen LogP contribution in [0.2, 0.25) is 0 Å². The first-order valence-electron chi connectivity index (χ1n) is 12.4. The van der Waals surface area contributed by atoms with Crippen LogP contribution in [0, 0.1) is 18.3 Å². The Morgan fingerprint density at radius 2 is 1.79 bits per heavy atom. The van der Waals surface area contributed by atoms with E-state index in [0.717, 1.165) is 16.7 Å². The van der Waals surface area contributed by atoms with Crippen LogP contribution in [0.15, 0.2) is 83.3 Å². The van der Waals surface area contributed by atoms with E-state index < -0.39 is 11.5 Å². The molecule has 2 aromatic heterocycles. The molecule has 1 amide bonds. The maximum Gasteiger partial charge on any atom is 0.269 e. The van der Waals surface area contributed by atoms with Gasteiger partial charge >= 0.3 is 0 Å². The molecule has 0 saturated carbocycles. The topological polar surface area (TPSA) is 96.5 Å². The molecule has 2 aromatic carbocycles. The zero-order valence-electron chi connectivity index (χ0n) is 22.0. The van der Waals surface area contributed by atoms with Crippen LogP contribution in [0.5, 0.6) is 11.6 Å². The predicted molar refractivity (Wildman–Crippen MR) is 148 cm³/mol. The first-order valence-corrected chi connectivity index (χ1v) is 12.4. The highest BCUT2D eigenvalue weighted by Crippen LogP contribution is 2.28. The molecule has 2 heterocycles. The molecule has 0 aliphatic heterocycles. The zero-order chi connectivity index (χ0) is 27.3. The van der Waals surface area contributed by atoms with Crippen LogP contribution in [0.4, 0.5) is 0 Å². The summed E-state index contributed by atoms with van der Waals surface area (Å²) in [4.78, 5) is 30.9. The lowest BCUT2D eigenvalue weighted by atomic mass is 9.87. The second-order valence-electron chi connectivity index (χ2n) is 10.1. The number of aryl methyl sites for hydroxylation is 1. The fourth-order valence-corrected chi connectivity index (χ4v) is 3.98. The molecule has 0 spiro atoms. The maximum absolute atomic E-state index is 13.5. The number of ether oxygens (including phenoxy) is 1. The molecule has 0 bridgehead atoms. The van der Waals surface area contributed by atoms with E-state index in [9.17, 15) is 14.9 Å². The average molecular weight is 507 g/mol. The number of carbonyl (C=O) groups excluding carboxylic acids is 1. The number of pyridine rings is 1. The second-order valence-corrected chi connectivity index (χ2v) is 10.1.